The Bertz CT molecular complexity index is 331. The molecule has 0 spiro atoms. The molecule has 10 nitrogen and oxygen atoms in total. The lowest BCUT2D eigenvalue weighted by Gasteiger charge is -2.04. The van der Waals surface area contributed by atoms with E-state index in [4.69, 9.17) is 40.2 Å². The number of carbonyl (C=O) groups is 4. The van der Waals surface area contributed by atoms with Gasteiger partial charge in [0.15, 0.2) is 0 Å². The van der Waals surface area contributed by atoms with E-state index in [1.807, 2.05) is 0 Å². The molecule has 0 aliphatic carbocycles. The van der Waals surface area contributed by atoms with Crippen molar-refractivity contribution in [3.8, 4) is 0 Å². The summed E-state index contributed by atoms with van der Waals surface area (Å²) in [6, 6.07) is 0. The van der Waals surface area contributed by atoms with E-state index < -0.39 is 30.0 Å². The Morgan fingerprint density at radius 2 is 1.12 bits per heavy atom. The van der Waals surface area contributed by atoms with Crippen molar-refractivity contribution in [3.05, 3.63) is 0 Å². The van der Waals surface area contributed by atoms with Gasteiger partial charge in [0.25, 0.3) is 11.9 Å². The molecular weight excluding hydrogens is 328 g/mol. The first-order valence-corrected chi connectivity index (χ1v) is 6.87. The van der Waals surface area contributed by atoms with Crippen molar-refractivity contribution in [2.24, 2.45) is 5.92 Å². The van der Waals surface area contributed by atoms with Crippen LogP contribution in [0.1, 0.15) is 47.0 Å². The minimum absolute atomic E-state index is 0.0489. The number of hydrogen-bond donors (Lipinski definition) is 6. The molecule has 10 heteroatoms. The van der Waals surface area contributed by atoms with Gasteiger partial charge in [-0.3, -0.25) is 19.2 Å². The highest BCUT2D eigenvalue weighted by atomic mass is 16.4. The first-order valence-electron chi connectivity index (χ1n) is 6.87. The van der Waals surface area contributed by atoms with Crippen molar-refractivity contribution in [3.63, 3.8) is 0 Å². The third-order valence-corrected chi connectivity index (χ3v) is 1.64. The predicted octanol–water partition coefficient (Wildman–Crippen LogP) is 0.503. The van der Waals surface area contributed by atoms with Crippen LogP contribution in [-0.2, 0) is 19.2 Å². The van der Waals surface area contributed by atoms with E-state index in [1.165, 1.54) is 6.92 Å². The smallest absolute Gasteiger partial charge is 0.303 e. The van der Waals surface area contributed by atoms with E-state index in [9.17, 15) is 9.59 Å². The minimum Gasteiger partial charge on any atom is -0.481 e. The van der Waals surface area contributed by atoms with Crippen LogP contribution in [0.4, 0.5) is 0 Å². The molecule has 0 aromatic rings. The van der Waals surface area contributed by atoms with Gasteiger partial charge in [0.1, 0.15) is 0 Å². The largest absolute Gasteiger partial charge is 0.481 e. The van der Waals surface area contributed by atoms with Gasteiger partial charge < -0.3 is 30.6 Å². The van der Waals surface area contributed by atoms with Crippen LogP contribution in [0.3, 0.4) is 0 Å². The summed E-state index contributed by atoms with van der Waals surface area (Å²) in [6.07, 6.45) is -0.0291. The molecule has 0 rings (SSSR count). The lowest BCUT2D eigenvalue weighted by molar-refractivity contribution is -0.140. The molecule has 0 saturated heterocycles. The SMILES string of the molecule is CC(=O)O.CC(=O)O.CC(CCC(=O)O)CC(=O)O.CC(O)CO. The number of carboxylic acids is 4. The molecule has 0 aromatic carbocycles. The van der Waals surface area contributed by atoms with Gasteiger partial charge in [-0.1, -0.05) is 6.92 Å². The summed E-state index contributed by atoms with van der Waals surface area (Å²) in [5.41, 5.74) is 0. The fourth-order valence-corrected chi connectivity index (χ4v) is 0.770. The maximum absolute atomic E-state index is 10.1. The number of carboxylic acid groups (broad SMARTS) is 4. The third kappa shape index (κ3) is 90.4. The van der Waals surface area contributed by atoms with E-state index in [1.54, 1.807) is 6.92 Å². The molecule has 0 aliphatic heterocycles. The molecule has 2 atom stereocenters. The second-order valence-corrected chi connectivity index (χ2v) is 4.71. The zero-order valence-corrected chi connectivity index (χ0v) is 14.3. The molecule has 0 fully saturated rings. The molecule has 0 bridgehead atoms. The second-order valence-electron chi connectivity index (χ2n) is 4.71. The maximum Gasteiger partial charge on any atom is 0.303 e. The molecule has 0 amide bonds. The average Bonchev–Trinajstić information content (AvgIpc) is 2.34. The normalized spacial score (nSPS) is 10.9. The molecule has 0 aliphatic rings. The van der Waals surface area contributed by atoms with Gasteiger partial charge in [-0.2, -0.15) is 0 Å². The Balaban J connectivity index is -0.000000128. The Morgan fingerprint density at radius 3 is 1.29 bits per heavy atom. The van der Waals surface area contributed by atoms with Gasteiger partial charge in [-0.15, -0.1) is 0 Å². The summed E-state index contributed by atoms with van der Waals surface area (Å²) in [4.78, 5) is 38.1. The molecule has 2 unspecified atom stereocenters. The van der Waals surface area contributed by atoms with Crippen molar-refractivity contribution in [2.75, 3.05) is 6.61 Å². The predicted molar refractivity (Wildman–Crippen MR) is 83.7 cm³/mol. The molecule has 0 heterocycles. The van der Waals surface area contributed by atoms with Crippen LogP contribution in [-0.4, -0.2) is 67.2 Å². The highest BCUT2D eigenvalue weighted by Gasteiger charge is 2.08. The number of aliphatic hydroxyl groups is 2. The van der Waals surface area contributed by atoms with Crippen molar-refractivity contribution >= 4 is 23.9 Å². The quantitative estimate of drug-likeness (QED) is 0.391. The van der Waals surface area contributed by atoms with Gasteiger partial charge in [0.2, 0.25) is 0 Å². The van der Waals surface area contributed by atoms with Gasteiger partial charge in [-0.25, -0.2) is 0 Å². The van der Waals surface area contributed by atoms with Gasteiger partial charge in [-0.05, 0) is 19.3 Å². The fraction of sp³-hybridized carbons (Fsp3) is 0.714. The molecular formula is C14H28O10. The van der Waals surface area contributed by atoms with Crippen LogP contribution < -0.4 is 0 Å². The molecule has 0 radical (unpaired) electrons. The average molecular weight is 356 g/mol. The van der Waals surface area contributed by atoms with E-state index in [0.29, 0.717) is 6.42 Å². The first kappa shape index (κ1) is 29.8. The topological polar surface area (TPSA) is 190 Å². The maximum atomic E-state index is 10.1. The van der Waals surface area contributed by atoms with Gasteiger partial charge >= 0.3 is 11.9 Å². The van der Waals surface area contributed by atoms with Crippen LogP contribution in [0.15, 0.2) is 0 Å². The summed E-state index contributed by atoms with van der Waals surface area (Å²) in [5, 5.41) is 47.4. The standard InChI is InChI=1S/C7H12O4.C3H8O2.2C2H4O2/c1-5(4-7(10)11)2-3-6(8)9;1-3(5)2-4;2*1-2(3)4/h5H,2-4H2,1H3,(H,8,9)(H,10,11);3-5H,2H2,1H3;2*1H3,(H,3,4). The van der Waals surface area contributed by atoms with Crippen LogP contribution in [0.5, 0.6) is 0 Å². The van der Waals surface area contributed by atoms with Crippen molar-refractivity contribution in [1.82, 2.24) is 0 Å². The fourth-order valence-electron chi connectivity index (χ4n) is 0.770. The van der Waals surface area contributed by atoms with E-state index >= 15 is 0 Å². The van der Waals surface area contributed by atoms with Crippen LogP contribution in [0, 0.1) is 5.92 Å². The second kappa shape index (κ2) is 20.8. The summed E-state index contributed by atoms with van der Waals surface area (Å²) in [6.45, 7) is 5.29. The van der Waals surface area contributed by atoms with Crippen LogP contribution in [0.2, 0.25) is 0 Å². The van der Waals surface area contributed by atoms with E-state index in [-0.39, 0.29) is 25.4 Å². The summed E-state index contributed by atoms with van der Waals surface area (Å²) in [5.74, 6) is -3.46. The molecule has 0 saturated carbocycles. The lowest BCUT2D eigenvalue weighted by Crippen LogP contribution is -2.06. The molecule has 6 N–H and O–H groups in total. The zero-order valence-electron chi connectivity index (χ0n) is 14.3. The molecule has 24 heavy (non-hydrogen) atoms. The van der Waals surface area contributed by atoms with Crippen molar-refractivity contribution in [1.29, 1.82) is 0 Å². The van der Waals surface area contributed by atoms with Crippen molar-refractivity contribution < 1.29 is 49.8 Å². The first-order chi connectivity index (χ1) is 10.8. The van der Waals surface area contributed by atoms with Gasteiger partial charge in [0.05, 0.1) is 12.7 Å². The summed E-state index contributed by atoms with van der Waals surface area (Å²) in [7, 11) is 0. The van der Waals surface area contributed by atoms with Crippen LogP contribution in [0.25, 0.3) is 0 Å². The van der Waals surface area contributed by atoms with Crippen molar-refractivity contribution in [2.45, 2.75) is 53.1 Å². The summed E-state index contributed by atoms with van der Waals surface area (Å²) < 4.78 is 0. The van der Waals surface area contributed by atoms with Gasteiger partial charge in [0, 0.05) is 26.7 Å². The molecule has 144 valence electrons. The Morgan fingerprint density at radius 1 is 0.833 bits per heavy atom. The molecule has 0 aromatic heterocycles. The highest BCUT2D eigenvalue weighted by molar-refractivity contribution is 5.68. The monoisotopic (exact) mass is 356 g/mol. The van der Waals surface area contributed by atoms with E-state index in [2.05, 4.69) is 0 Å². The number of rotatable bonds is 6. The third-order valence-electron chi connectivity index (χ3n) is 1.64. The Kier molecular flexibility index (Phi) is 25.8. The lowest BCUT2D eigenvalue weighted by atomic mass is 10.0. The minimum atomic E-state index is -0.873. The summed E-state index contributed by atoms with van der Waals surface area (Å²) >= 11 is 0. The zero-order chi connectivity index (χ0) is 20.3. The Labute approximate surface area is 140 Å². The van der Waals surface area contributed by atoms with E-state index in [0.717, 1.165) is 13.8 Å². The Hall–Kier alpha value is -2.20. The number of aliphatic carboxylic acids is 4. The van der Waals surface area contributed by atoms with Crippen LogP contribution >= 0.6 is 0 Å². The highest BCUT2D eigenvalue weighted by Crippen LogP contribution is 2.09. The number of aliphatic hydroxyl groups excluding tert-OH is 2. The number of hydrogen-bond acceptors (Lipinski definition) is 6.